The molecule has 2 amide bonds. The van der Waals surface area contributed by atoms with Crippen LogP contribution < -0.4 is 16.0 Å². The lowest BCUT2D eigenvalue weighted by molar-refractivity contribution is -0.137. The van der Waals surface area contributed by atoms with Gasteiger partial charge in [0.2, 0.25) is 0 Å². The molecule has 0 saturated carbocycles. The normalized spacial score (nSPS) is 10.1. The maximum Gasteiger partial charge on any atom is 0.314 e. The zero-order chi connectivity index (χ0) is 13.6. The van der Waals surface area contributed by atoms with Crippen LogP contribution in [0.3, 0.4) is 0 Å². The Morgan fingerprint density at radius 2 is 1.61 bits per heavy atom. The number of urea groups is 1. The van der Waals surface area contributed by atoms with Crippen molar-refractivity contribution < 1.29 is 14.7 Å². The minimum atomic E-state index is -0.763. The van der Waals surface area contributed by atoms with Gasteiger partial charge in [0.25, 0.3) is 0 Å². The van der Waals surface area contributed by atoms with E-state index in [2.05, 4.69) is 16.0 Å². The Morgan fingerprint density at radius 1 is 0.944 bits per heavy atom. The Kier molecular flexibility index (Phi) is 11.3. The molecule has 0 unspecified atom stereocenters. The monoisotopic (exact) mass is 259 g/mol. The first-order valence-electron chi connectivity index (χ1n) is 6.61. The fourth-order valence-corrected chi connectivity index (χ4v) is 1.43. The summed E-state index contributed by atoms with van der Waals surface area (Å²) in [7, 11) is 0. The second-order valence-electron chi connectivity index (χ2n) is 4.09. The summed E-state index contributed by atoms with van der Waals surface area (Å²) >= 11 is 0. The molecule has 0 aromatic rings. The number of rotatable bonds is 11. The lowest BCUT2D eigenvalue weighted by atomic mass is 10.2. The number of unbranched alkanes of at least 4 members (excludes halogenated alkanes) is 2. The molecule has 0 spiro atoms. The Hall–Kier alpha value is -1.30. The molecule has 0 aliphatic heterocycles. The van der Waals surface area contributed by atoms with Crippen LogP contribution in [0.1, 0.15) is 39.0 Å². The molecule has 0 aromatic carbocycles. The highest BCUT2D eigenvalue weighted by Gasteiger charge is 1.99. The first kappa shape index (κ1) is 16.7. The van der Waals surface area contributed by atoms with Gasteiger partial charge in [-0.3, -0.25) is 4.79 Å². The third kappa shape index (κ3) is 12.8. The quantitative estimate of drug-likeness (QED) is 0.415. The molecule has 0 rings (SSSR count). The molecule has 0 aliphatic carbocycles. The van der Waals surface area contributed by atoms with Crippen molar-refractivity contribution in [1.82, 2.24) is 16.0 Å². The molecule has 0 atom stereocenters. The predicted molar refractivity (Wildman–Crippen MR) is 70.7 cm³/mol. The average molecular weight is 259 g/mol. The van der Waals surface area contributed by atoms with Crippen LogP contribution in [0.2, 0.25) is 0 Å². The van der Waals surface area contributed by atoms with Crippen molar-refractivity contribution in [3.05, 3.63) is 0 Å². The van der Waals surface area contributed by atoms with Gasteiger partial charge in [0, 0.05) is 19.5 Å². The van der Waals surface area contributed by atoms with Crippen molar-refractivity contribution >= 4 is 12.0 Å². The molecule has 0 aliphatic rings. The number of nitrogens with one attached hydrogen (secondary N) is 3. The topological polar surface area (TPSA) is 90.5 Å². The smallest absolute Gasteiger partial charge is 0.314 e. The summed E-state index contributed by atoms with van der Waals surface area (Å²) in [5.74, 6) is -0.763. The van der Waals surface area contributed by atoms with Crippen LogP contribution in [0.5, 0.6) is 0 Å². The SMILES string of the molecule is CCNCCCNC(=O)NCCCCCC(=O)O. The van der Waals surface area contributed by atoms with Crippen molar-refractivity contribution in [3.8, 4) is 0 Å². The number of amides is 2. The largest absolute Gasteiger partial charge is 0.481 e. The van der Waals surface area contributed by atoms with Gasteiger partial charge in [-0.25, -0.2) is 4.79 Å². The molecule has 0 heterocycles. The number of hydrogen-bond acceptors (Lipinski definition) is 3. The maximum atomic E-state index is 11.3. The highest BCUT2D eigenvalue weighted by atomic mass is 16.4. The molecule has 106 valence electrons. The van der Waals surface area contributed by atoms with Crippen molar-refractivity contribution in [1.29, 1.82) is 0 Å². The molecule has 0 bridgehead atoms. The zero-order valence-electron chi connectivity index (χ0n) is 11.1. The van der Waals surface area contributed by atoms with E-state index in [0.29, 0.717) is 19.5 Å². The fraction of sp³-hybridized carbons (Fsp3) is 0.833. The van der Waals surface area contributed by atoms with E-state index in [1.807, 2.05) is 6.92 Å². The summed E-state index contributed by atoms with van der Waals surface area (Å²) in [5.41, 5.74) is 0. The van der Waals surface area contributed by atoms with Crippen molar-refractivity contribution in [2.24, 2.45) is 0 Å². The van der Waals surface area contributed by atoms with Crippen LogP contribution in [0.15, 0.2) is 0 Å². The molecule has 18 heavy (non-hydrogen) atoms. The molecule has 0 fully saturated rings. The molecule has 6 nitrogen and oxygen atoms in total. The standard InChI is InChI=1S/C12H25N3O3/c1-2-13-8-6-10-15-12(18)14-9-5-3-4-7-11(16)17/h13H,2-10H2,1H3,(H,16,17)(H2,14,15,18). The van der Waals surface area contributed by atoms with Gasteiger partial charge in [0.1, 0.15) is 0 Å². The van der Waals surface area contributed by atoms with E-state index in [1.165, 1.54) is 0 Å². The molecule has 4 N–H and O–H groups in total. The van der Waals surface area contributed by atoms with E-state index in [-0.39, 0.29) is 12.5 Å². The van der Waals surface area contributed by atoms with Crippen LogP contribution in [0.4, 0.5) is 4.79 Å². The first-order valence-corrected chi connectivity index (χ1v) is 6.61. The van der Waals surface area contributed by atoms with Gasteiger partial charge in [0.05, 0.1) is 0 Å². The van der Waals surface area contributed by atoms with Crippen molar-refractivity contribution in [2.45, 2.75) is 39.0 Å². The average Bonchev–Trinajstić information content (AvgIpc) is 2.33. The number of aliphatic carboxylic acids is 1. The van der Waals surface area contributed by atoms with E-state index in [4.69, 9.17) is 5.11 Å². The number of carboxylic acids is 1. The molecular formula is C12H25N3O3. The molecule has 0 radical (unpaired) electrons. The summed E-state index contributed by atoms with van der Waals surface area (Å²) in [6.07, 6.45) is 3.43. The van der Waals surface area contributed by atoms with Gasteiger partial charge in [-0.1, -0.05) is 13.3 Å². The summed E-state index contributed by atoms with van der Waals surface area (Å²) in [5, 5.41) is 17.1. The minimum absolute atomic E-state index is 0.148. The number of hydrogen-bond donors (Lipinski definition) is 4. The Bertz CT molecular complexity index is 235. The summed E-state index contributed by atoms with van der Waals surface area (Å²) in [4.78, 5) is 21.5. The lowest BCUT2D eigenvalue weighted by Gasteiger charge is -2.07. The van der Waals surface area contributed by atoms with Crippen molar-refractivity contribution in [3.63, 3.8) is 0 Å². The third-order valence-corrected chi connectivity index (χ3v) is 2.42. The zero-order valence-corrected chi connectivity index (χ0v) is 11.1. The van der Waals surface area contributed by atoms with E-state index in [1.54, 1.807) is 0 Å². The molecular weight excluding hydrogens is 234 g/mol. The summed E-state index contributed by atoms with van der Waals surface area (Å²) in [6, 6.07) is -0.148. The minimum Gasteiger partial charge on any atom is -0.481 e. The van der Waals surface area contributed by atoms with E-state index in [9.17, 15) is 9.59 Å². The Balaban J connectivity index is 3.19. The molecule has 0 aromatic heterocycles. The van der Waals surface area contributed by atoms with Crippen LogP contribution in [-0.4, -0.2) is 43.3 Å². The number of carbonyl (C=O) groups is 2. The van der Waals surface area contributed by atoms with Crippen LogP contribution in [0.25, 0.3) is 0 Å². The maximum absolute atomic E-state index is 11.3. The van der Waals surface area contributed by atoms with E-state index < -0.39 is 5.97 Å². The van der Waals surface area contributed by atoms with E-state index >= 15 is 0 Å². The molecule has 0 saturated heterocycles. The Morgan fingerprint density at radius 3 is 2.22 bits per heavy atom. The van der Waals surface area contributed by atoms with Crippen LogP contribution in [0, 0.1) is 0 Å². The molecule has 6 heteroatoms. The predicted octanol–water partition coefficient (Wildman–Crippen LogP) is 0.930. The number of carbonyl (C=O) groups excluding carboxylic acids is 1. The van der Waals surface area contributed by atoms with Gasteiger partial charge >= 0.3 is 12.0 Å². The van der Waals surface area contributed by atoms with Gasteiger partial charge in [-0.2, -0.15) is 0 Å². The van der Waals surface area contributed by atoms with Gasteiger partial charge in [-0.15, -0.1) is 0 Å². The second kappa shape index (κ2) is 12.2. The third-order valence-electron chi connectivity index (χ3n) is 2.42. The fourth-order valence-electron chi connectivity index (χ4n) is 1.43. The van der Waals surface area contributed by atoms with Crippen molar-refractivity contribution in [2.75, 3.05) is 26.2 Å². The van der Waals surface area contributed by atoms with Gasteiger partial charge in [-0.05, 0) is 32.4 Å². The highest BCUT2D eigenvalue weighted by molar-refractivity contribution is 5.73. The second-order valence-corrected chi connectivity index (χ2v) is 4.09. The lowest BCUT2D eigenvalue weighted by Crippen LogP contribution is -2.37. The first-order chi connectivity index (χ1) is 8.66. The Labute approximate surface area is 109 Å². The summed E-state index contributed by atoms with van der Waals surface area (Å²) in [6.45, 7) is 5.16. The number of carboxylic acid groups (broad SMARTS) is 1. The van der Waals surface area contributed by atoms with Crippen LogP contribution >= 0.6 is 0 Å². The summed E-state index contributed by atoms with van der Waals surface area (Å²) < 4.78 is 0. The highest BCUT2D eigenvalue weighted by Crippen LogP contribution is 1.98. The van der Waals surface area contributed by atoms with Crippen LogP contribution in [-0.2, 0) is 4.79 Å². The van der Waals surface area contributed by atoms with Gasteiger partial charge in [0.15, 0.2) is 0 Å². The van der Waals surface area contributed by atoms with E-state index in [0.717, 1.165) is 32.4 Å². The van der Waals surface area contributed by atoms with Gasteiger partial charge < -0.3 is 21.1 Å².